The molecule has 1 aromatic carbocycles. The van der Waals surface area contributed by atoms with Gasteiger partial charge >= 0.3 is 0 Å². The molecule has 1 saturated heterocycles. The van der Waals surface area contributed by atoms with Crippen LogP contribution in [-0.4, -0.2) is 61.2 Å². The molecule has 0 aliphatic carbocycles. The summed E-state index contributed by atoms with van der Waals surface area (Å²) in [6, 6.07) is 3.30. The van der Waals surface area contributed by atoms with E-state index in [1.54, 1.807) is 26.0 Å². The van der Waals surface area contributed by atoms with Gasteiger partial charge in [-0.15, -0.1) is 0 Å². The van der Waals surface area contributed by atoms with E-state index in [2.05, 4.69) is 4.72 Å². The van der Waals surface area contributed by atoms with Gasteiger partial charge in [-0.3, -0.25) is 4.31 Å². The lowest BCUT2D eigenvalue weighted by Gasteiger charge is -2.29. The molecule has 142 valence electrons. The van der Waals surface area contributed by atoms with Crippen molar-refractivity contribution in [2.45, 2.75) is 31.6 Å². The predicted molar refractivity (Wildman–Crippen MR) is 100 cm³/mol. The summed E-state index contributed by atoms with van der Waals surface area (Å²) < 4.78 is 53.8. The van der Waals surface area contributed by atoms with Gasteiger partial charge in [0.15, 0.2) is 0 Å². The molecule has 0 saturated carbocycles. The molecule has 0 aromatic heterocycles. The molecule has 0 unspecified atom stereocenters. The summed E-state index contributed by atoms with van der Waals surface area (Å²) in [6.45, 7) is 4.76. The summed E-state index contributed by atoms with van der Waals surface area (Å²) in [7, 11) is -3.21. The van der Waals surface area contributed by atoms with Crippen LogP contribution < -0.4 is 9.03 Å². The largest absolute Gasteiger partial charge is 0.308 e. The molecule has 1 aliphatic rings. The molecule has 1 N–H and O–H groups in total. The summed E-state index contributed by atoms with van der Waals surface area (Å²) in [5.74, 6) is 0.136. The van der Waals surface area contributed by atoms with Crippen molar-refractivity contribution in [3.8, 4) is 0 Å². The molecule has 7 nitrogen and oxygen atoms in total. The summed E-state index contributed by atoms with van der Waals surface area (Å²) in [5.41, 5.74) is 1.64. The van der Waals surface area contributed by atoms with Crippen molar-refractivity contribution in [1.82, 2.24) is 9.62 Å². The predicted octanol–water partition coefficient (Wildman–Crippen LogP) is 1.07. The Hall–Kier alpha value is -1.16. The van der Waals surface area contributed by atoms with Crippen molar-refractivity contribution in [3.63, 3.8) is 0 Å². The standard InChI is InChI=1S/C16H27N3O4S2/c1-13-11-15(19-8-5-6-10-24(19,20)21)12-14(2)16(13)25(22,23)17-7-9-18(3)4/h11-12,17H,5-10H2,1-4H3. The summed E-state index contributed by atoms with van der Waals surface area (Å²) >= 11 is 0. The monoisotopic (exact) mass is 389 g/mol. The number of hydrogen-bond donors (Lipinski definition) is 1. The van der Waals surface area contributed by atoms with Crippen molar-refractivity contribution < 1.29 is 16.8 Å². The van der Waals surface area contributed by atoms with E-state index < -0.39 is 20.0 Å². The molecule has 25 heavy (non-hydrogen) atoms. The highest BCUT2D eigenvalue weighted by Gasteiger charge is 2.28. The molecule has 0 radical (unpaired) electrons. The van der Waals surface area contributed by atoms with Crippen LogP contribution in [0.1, 0.15) is 24.0 Å². The van der Waals surface area contributed by atoms with Crippen LogP contribution in [0.2, 0.25) is 0 Å². The molecular formula is C16H27N3O4S2. The Kier molecular flexibility index (Phi) is 6.13. The van der Waals surface area contributed by atoms with Crippen molar-refractivity contribution >= 4 is 25.7 Å². The lowest BCUT2D eigenvalue weighted by molar-refractivity contribution is 0.412. The van der Waals surface area contributed by atoms with Crippen molar-refractivity contribution in [2.75, 3.05) is 43.8 Å². The second-order valence-electron chi connectivity index (χ2n) is 6.70. The highest BCUT2D eigenvalue weighted by Crippen LogP contribution is 2.30. The van der Waals surface area contributed by atoms with E-state index in [-0.39, 0.29) is 10.6 Å². The van der Waals surface area contributed by atoms with Gasteiger partial charge in [-0.05, 0) is 64.0 Å². The minimum atomic E-state index is -3.64. The van der Waals surface area contributed by atoms with Gasteiger partial charge in [0.25, 0.3) is 0 Å². The Morgan fingerprint density at radius 1 is 1.16 bits per heavy atom. The number of likely N-dealkylation sites (N-methyl/N-ethyl adjacent to an activating group) is 1. The second-order valence-corrected chi connectivity index (χ2v) is 10.4. The molecular weight excluding hydrogens is 362 g/mol. The van der Waals surface area contributed by atoms with Gasteiger partial charge in [-0.25, -0.2) is 21.6 Å². The lowest BCUT2D eigenvalue weighted by atomic mass is 10.1. The minimum absolute atomic E-state index is 0.136. The second kappa shape index (κ2) is 7.61. The smallest absolute Gasteiger partial charge is 0.241 e. The normalized spacial score (nSPS) is 17.9. The van der Waals surface area contributed by atoms with Crippen LogP contribution in [0.4, 0.5) is 5.69 Å². The zero-order chi connectivity index (χ0) is 18.8. The van der Waals surface area contributed by atoms with Gasteiger partial charge in [0, 0.05) is 19.6 Å². The Morgan fingerprint density at radius 3 is 2.28 bits per heavy atom. The van der Waals surface area contributed by atoms with Crippen LogP contribution >= 0.6 is 0 Å². The van der Waals surface area contributed by atoms with E-state index in [4.69, 9.17) is 0 Å². The third-order valence-corrected chi connectivity index (χ3v) is 7.84. The fourth-order valence-electron chi connectivity index (χ4n) is 3.05. The minimum Gasteiger partial charge on any atom is -0.308 e. The number of anilines is 1. The van der Waals surface area contributed by atoms with E-state index in [1.165, 1.54) is 4.31 Å². The number of rotatable bonds is 6. The van der Waals surface area contributed by atoms with Crippen molar-refractivity contribution in [3.05, 3.63) is 23.3 Å². The van der Waals surface area contributed by atoms with E-state index in [0.29, 0.717) is 42.9 Å². The molecule has 1 aliphatic heterocycles. The van der Waals surface area contributed by atoms with Crippen LogP contribution in [0.15, 0.2) is 17.0 Å². The Morgan fingerprint density at radius 2 is 1.76 bits per heavy atom. The van der Waals surface area contributed by atoms with E-state index >= 15 is 0 Å². The zero-order valence-electron chi connectivity index (χ0n) is 15.2. The first-order valence-electron chi connectivity index (χ1n) is 8.30. The van der Waals surface area contributed by atoms with Crippen molar-refractivity contribution in [1.29, 1.82) is 0 Å². The van der Waals surface area contributed by atoms with E-state index in [1.807, 2.05) is 19.0 Å². The zero-order valence-corrected chi connectivity index (χ0v) is 16.9. The van der Waals surface area contributed by atoms with Gasteiger partial charge in [0.1, 0.15) is 0 Å². The molecule has 0 bridgehead atoms. The first-order valence-corrected chi connectivity index (χ1v) is 11.4. The fourth-order valence-corrected chi connectivity index (χ4v) is 6.14. The van der Waals surface area contributed by atoms with Crippen molar-refractivity contribution in [2.24, 2.45) is 0 Å². The third-order valence-electron chi connectivity index (χ3n) is 4.20. The van der Waals surface area contributed by atoms with E-state index in [9.17, 15) is 16.8 Å². The summed E-state index contributed by atoms with van der Waals surface area (Å²) in [4.78, 5) is 2.12. The van der Waals surface area contributed by atoms with Gasteiger partial charge in [-0.2, -0.15) is 0 Å². The Labute approximate surface area is 151 Å². The van der Waals surface area contributed by atoms with Crippen LogP contribution in [0.25, 0.3) is 0 Å². The molecule has 1 fully saturated rings. The van der Waals surface area contributed by atoms with Crippen LogP contribution in [-0.2, 0) is 20.0 Å². The third kappa shape index (κ3) is 4.72. The Balaban J connectivity index is 2.34. The number of hydrogen-bond acceptors (Lipinski definition) is 5. The molecule has 0 spiro atoms. The maximum Gasteiger partial charge on any atom is 0.241 e. The highest BCUT2D eigenvalue weighted by atomic mass is 32.2. The average molecular weight is 390 g/mol. The Bertz CT molecular complexity index is 810. The van der Waals surface area contributed by atoms with Gasteiger partial charge in [0.05, 0.1) is 16.3 Å². The molecule has 0 atom stereocenters. The van der Waals surface area contributed by atoms with Gasteiger partial charge in [0.2, 0.25) is 20.0 Å². The van der Waals surface area contributed by atoms with Gasteiger partial charge < -0.3 is 4.90 Å². The maximum atomic E-state index is 12.6. The van der Waals surface area contributed by atoms with Crippen LogP contribution in [0, 0.1) is 13.8 Å². The number of aryl methyl sites for hydroxylation is 2. The number of benzene rings is 1. The SMILES string of the molecule is Cc1cc(N2CCCCS2(=O)=O)cc(C)c1S(=O)(=O)NCCN(C)C. The first kappa shape index (κ1) is 20.2. The lowest BCUT2D eigenvalue weighted by Crippen LogP contribution is -2.38. The van der Waals surface area contributed by atoms with E-state index in [0.717, 1.165) is 6.42 Å². The van der Waals surface area contributed by atoms with Crippen LogP contribution in [0.5, 0.6) is 0 Å². The maximum absolute atomic E-state index is 12.6. The molecule has 1 heterocycles. The fraction of sp³-hybridized carbons (Fsp3) is 0.625. The molecule has 1 aromatic rings. The highest BCUT2D eigenvalue weighted by molar-refractivity contribution is 7.92. The molecule has 0 amide bonds. The summed E-state index contributed by atoms with van der Waals surface area (Å²) in [5, 5.41) is 0. The van der Waals surface area contributed by atoms with Crippen LogP contribution in [0.3, 0.4) is 0 Å². The van der Waals surface area contributed by atoms with Gasteiger partial charge in [-0.1, -0.05) is 0 Å². The number of sulfonamides is 2. The topological polar surface area (TPSA) is 86.8 Å². The number of nitrogens with zero attached hydrogens (tertiary/aromatic N) is 2. The first-order chi connectivity index (χ1) is 11.5. The summed E-state index contributed by atoms with van der Waals surface area (Å²) in [6.07, 6.45) is 1.47. The molecule has 9 heteroatoms. The molecule has 2 rings (SSSR count). The average Bonchev–Trinajstić information content (AvgIpc) is 2.44. The quantitative estimate of drug-likeness (QED) is 0.787. The number of nitrogens with one attached hydrogen (secondary N) is 1.